The molecule has 148 valence electrons. The Morgan fingerprint density at radius 3 is 2.57 bits per heavy atom. The molecule has 0 aliphatic heterocycles. The number of carbonyl (C=O) groups excluding carboxylic acids is 1. The standard InChI is InChI=1S/C21H26N4O2S/c1-6-14-7-9-15(10-8-14)16(24(3)4)11-22-19(26)18-13(2)17-20(28-18)23-12-25(5)21(17)27/h7-10,12,16H,6,11H2,1-5H3,(H,22,26). The lowest BCUT2D eigenvalue weighted by molar-refractivity contribution is 0.0945. The minimum atomic E-state index is -0.167. The Morgan fingerprint density at radius 2 is 1.96 bits per heavy atom. The van der Waals surface area contributed by atoms with Crippen molar-refractivity contribution in [2.75, 3.05) is 20.6 Å². The zero-order valence-electron chi connectivity index (χ0n) is 16.9. The first-order valence-corrected chi connectivity index (χ1v) is 10.1. The first-order valence-electron chi connectivity index (χ1n) is 9.31. The van der Waals surface area contributed by atoms with Crippen LogP contribution in [0, 0.1) is 6.92 Å². The van der Waals surface area contributed by atoms with Gasteiger partial charge in [0.1, 0.15) is 4.83 Å². The number of nitrogens with one attached hydrogen (secondary N) is 1. The second-order valence-electron chi connectivity index (χ2n) is 7.18. The highest BCUT2D eigenvalue weighted by atomic mass is 32.1. The molecule has 0 aliphatic rings. The van der Waals surface area contributed by atoms with Gasteiger partial charge in [-0.15, -0.1) is 11.3 Å². The van der Waals surface area contributed by atoms with E-state index in [1.807, 2.05) is 21.0 Å². The summed E-state index contributed by atoms with van der Waals surface area (Å²) >= 11 is 1.27. The Kier molecular flexibility index (Phi) is 5.96. The van der Waals surface area contributed by atoms with Gasteiger partial charge in [0.25, 0.3) is 11.5 Å². The van der Waals surface area contributed by atoms with Crippen molar-refractivity contribution in [1.82, 2.24) is 19.8 Å². The van der Waals surface area contributed by atoms with Crippen LogP contribution in [0.2, 0.25) is 0 Å². The molecule has 0 aliphatic carbocycles. The van der Waals surface area contributed by atoms with E-state index in [4.69, 9.17) is 0 Å². The quantitative estimate of drug-likeness (QED) is 0.693. The van der Waals surface area contributed by atoms with E-state index in [9.17, 15) is 9.59 Å². The largest absolute Gasteiger partial charge is 0.349 e. The molecule has 0 saturated heterocycles. The molecular weight excluding hydrogens is 372 g/mol. The van der Waals surface area contributed by atoms with Crippen molar-refractivity contribution >= 4 is 27.5 Å². The first-order chi connectivity index (χ1) is 13.3. The summed E-state index contributed by atoms with van der Waals surface area (Å²) in [6.07, 6.45) is 2.49. The number of carbonyl (C=O) groups is 1. The van der Waals surface area contributed by atoms with Crippen LogP contribution in [-0.2, 0) is 13.5 Å². The van der Waals surface area contributed by atoms with Gasteiger partial charge in [-0.2, -0.15) is 0 Å². The number of amides is 1. The molecule has 0 fully saturated rings. The van der Waals surface area contributed by atoms with Crippen LogP contribution in [0.5, 0.6) is 0 Å². The summed E-state index contributed by atoms with van der Waals surface area (Å²) in [7, 11) is 5.67. The van der Waals surface area contributed by atoms with E-state index < -0.39 is 0 Å². The van der Waals surface area contributed by atoms with E-state index in [0.29, 0.717) is 27.2 Å². The molecule has 3 rings (SSSR count). The third kappa shape index (κ3) is 3.86. The van der Waals surface area contributed by atoms with Crippen molar-refractivity contribution in [3.05, 3.63) is 62.5 Å². The van der Waals surface area contributed by atoms with Gasteiger partial charge >= 0.3 is 0 Å². The average Bonchev–Trinajstić information content (AvgIpc) is 3.02. The Hall–Kier alpha value is -2.51. The Morgan fingerprint density at radius 1 is 1.29 bits per heavy atom. The number of nitrogens with zero attached hydrogens (tertiary/aromatic N) is 3. The highest BCUT2D eigenvalue weighted by Gasteiger charge is 2.21. The van der Waals surface area contributed by atoms with Crippen molar-refractivity contribution in [3.63, 3.8) is 0 Å². The van der Waals surface area contributed by atoms with Crippen molar-refractivity contribution in [2.45, 2.75) is 26.3 Å². The van der Waals surface area contributed by atoms with Gasteiger partial charge in [0.05, 0.1) is 22.6 Å². The number of thiophene rings is 1. The normalized spacial score (nSPS) is 12.5. The van der Waals surface area contributed by atoms with E-state index in [0.717, 1.165) is 12.0 Å². The SMILES string of the molecule is CCc1ccc(C(CNC(=O)c2sc3ncn(C)c(=O)c3c2C)N(C)C)cc1. The fraction of sp³-hybridized carbons (Fsp3) is 0.381. The molecule has 28 heavy (non-hydrogen) atoms. The van der Waals surface area contributed by atoms with Crippen LogP contribution in [0.3, 0.4) is 0 Å². The molecule has 1 atom stereocenters. The van der Waals surface area contributed by atoms with Crippen LogP contribution in [0.25, 0.3) is 10.2 Å². The van der Waals surface area contributed by atoms with E-state index in [2.05, 4.69) is 46.4 Å². The number of fused-ring (bicyclic) bond motifs is 1. The number of aromatic nitrogens is 2. The molecule has 0 radical (unpaired) electrons. The van der Waals surface area contributed by atoms with E-state index in [1.165, 1.54) is 27.8 Å². The molecule has 3 aromatic rings. The molecule has 7 heteroatoms. The van der Waals surface area contributed by atoms with E-state index in [1.54, 1.807) is 7.05 Å². The summed E-state index contributed by atoms with van der Waals surface area (Å²) in [5.74, 6) is -0.167. The Labute approximate surface area is 168 Å². The van der Waals surface area contributed by atoms with Gasteiger partial charge in [0.15, 0.2) is 0 Å². The van der Waals surface area contributed by atoms with E-state index in [-0.39, 0.29) is 17.5 Å². The van der Waals surface area contributed by atoms with Crippen molar-refractivity contribution in [3.8, 4) is 0 Å². The van der Waals surface area contributed by atoms with Gasteiger partial charge in [-0.25, -0.2) is 4.98 Å². The molecular formula is C21H26N4O2S. The number of hydrogen-bond acceptors (Lipinski definition) is 5. The van der Waals surface area contributed by atoms with Gasteiger partial charge in [-0.1, -0.05) is 31.2 Å². The lowest BCUT2D eigenvalue weighted by atomic mass is 10.0. The van der Waals surface area contributed by atoms with Crippen LogP contribution < -0.4 is 10.9 Å². The molecule has 2 aromatic heterocycles. The van der Waals surface area contributed by atoms with Gasteiger partial charge in [-0.05, 0) is 44.1 Å². The summed E-state index contributed by atoms with van der Waals surface area (Å²) in [4.78, 5) is 32.7. The van der Waals surface area contributed by atoms with Gasteiger partial charge in [0, 0.05) is 13.6 Å². The third-order valence-corrected chi connectivity index (χ3v) is 6.27. The van der Waals surface area contributed by atoms with Crippen molar-refractivity contribution < 1.29 is 4.79 Å². The van der Waals surface area contributed by atoms with Crippen LogP contribution >= 0.6 is 11.3 Å². The minimum Gasteiger partial charge on any atom is -0.349 e. The predicted molar refractivity (Wildman–Crippen MR) is 114 cm³/mol. The molecule has 0 saturated carbocycles. The smallest absolute Gasteiger partial charge is 0.262 e. The number of likely N-dealkylation sites (N-methyl/N-ethyl adjacent to an activating group) is 1. The lowest BCUT2D eigenvalue weighted by Crippen LogP contribution is -2.34. The summed E-state index contributed by atoms with van der Waals surface area (Å²) < 4.78 is 1.44. The van der Waals surface area contributed by atoms with Crippen LogP contribution in [0.4, 0.5) is 0 Å². The molecule has 1 N–H and O–H groups in total. The number of benzene rings is 1. The number of hydrogen-bond donors (Lipinski definition) is 1. The summed E-state index contributed by atoms with van der Waals surface area (Å²) in [6, 6.07) is 8.56. The summed E-state index contributed by atoms with van der Waals surface area (Å²) in [5.41, 5.74) is 3.02. The third-order valence-electron chi connectivity index (χ3n) is 5.07. The van der Waals surface area contributed by atoms with Crippen LogP contribution in [-0.4, -0.2) is 41.0 Å². The minimum absolute atomic E-state index is 0.0653. The molecule has 1 amide bonds. The fourth-order valence-electron chi connectivity index (χ4n) is 3.27. The molecule has 0 bridgehead atoms. The molecule has 1 unspecified atom stereocenters. The lowest BCUT2D eigenvalue weighted by Gasteiger charge is -2.25. The topological polar surface area (TPSA) is 67.2 Å². The second-order valence-corrected chi connectivity index (χ2v) is 8.18. The molecule has 2 heterocycles. The zero-order chi connectivity index (χ0) is 20.4. The zero-order valence-corrected chi connectivity index (χ0v) is 17.8. The van der Waals surface area contributed by atoms with E-state index >= 15 is 0 Å². The van der Waals surface area contributed by atoms with Crippen molar-refractivity contribution in [1.29, 1.82) is 0 Å². The molecule has 0 spiro atoms. The first kappa shape index (κ1) is 20.2. The number of aryl methyl sites for hydroxylation is 3. The summed E-state index contributed by atoms with van der Waals surface area (Å²) in [5, 5.41) is 3.56. The monoisotopic (exact) mass is 398 g/mol. The Balaban J connectivity index is 1.81. The number of rotatable bonds is 6. The maximum atomic E-state index is 12.8. The highest BCUT2D eigenvalue weighted by Crippen LogP contribution is 2.27. The predicted octanol–water partition coefficient (Wildman–Crippen LogP) is 2.90. The van der Waals surface area contributed by atoms with Crippen molar-refractivity contribution in [2.24, 2.45) is 7.05 Å². The van der Waals surface area contributed by atoms with Gasteiger partial charge < -0.3 is 14.8 Å². The second kappa shape index (κ2) is 8.24. The van der Waals surface area contributed by atoms with Gasteiger partial charge in [0.2, 0.25) is 0 Å². The van der Waals surface area contributed by atoms with Crippen LogP contribution in [0.15, 0.2) is 35.4 Å². The maximum absolute atomic E-state index is 12.8. The average molecular weight is 399 g/mol. The van der Waals surface area contributed by atoms with Gasteiger partial charge in [-0.3, -0.25) is 9.59 Å². The molecule has 1 aromatic carbocycles. The molecule has 6 nitrogen and oxygen atoms in total. The Bertz CT molecular complexity index is 1050. The fourth-order valence-corrected chi connectivity index (χ4v) is 4.32. The maximum Gasteiger partial charge on any atom is 0.262 e. The highest BCUT2D eigenvalue weighted by molar-refractivity contribution is 7.20. The van der Waals surface area contributed by atoms with Crippen LogP contribution in [0.1, 0.15) is 39.3 Å². The summed E-state index contributed by atoms with van der Waals surface area (Å²) in [6.45, 7) is 4.42.